The van der Waals surface area contributed by atoms with E-state index in [1.54, 1.807) is 11.6 Å². The van der Waals surface area contributed by atoms with Crippen molar-refractivity contribution in [1.29, 1.82) is 5.26 Å². The molecule has 0 amide bonds. The van der Waals surface area contributed by atoms with Crippen LogP contribution in [0.2, 0.25) is 5.15 Å². The summed E-state index contributed by atoms with van der Waals surface area (Å²) in [6.07, 6.45) is 0. The Morgan fingerprint density at radius 3 is 2.44 bits per heavy atom. The fraction of sp³-hybridized carbons (Fsp3) is 0.167. The van der Waals surface area contributed by atoms with Crippen LogP contribution in [0.4, 0.5) is 0 Å². The molecule has 0 aliphatic rings. The lowest BCUT2D eigenvalue weighted by molar-refractivity contribution is 0.897. The van der Waals surface area contributed by atoms with Gasteiger partial charge in [-0.05, 0) is 6.92 Å². The average molecular weight is 232 g/mol. The highest BCUT2D eigenvalue weighted by molar-refractivity contribution is 6.32. The zero-order chi connectivity index (χ0) is 11.7. The molecule has 2 aromatic rings. The molecule has 16 heavy (non-hydrogen) atoms. The van der Waals surface area contributed by atoms with E-state index in [2.05, 4.69) is 4.98 Å². The van der Waals surface area contributed by atoms with Gasteiger partial charge in [0.05, 0.1) is 5.69 Å². The summed E-state index contributed by atoms with van der Waals surface area (Å²) in [7, 11) is 1.78. The van der Waals surface area contributed by atoms with Crippen molar-refractivity contribution in [1.82, 2.24) is 9.55 Å². The maximum Gasteiger partial charge on any atom is 0.214 e. The second-order valence-corrected chi connectivity index (χ2v) is 3.97. The predicted molar refractivity (Wildman–Crippen MR) is 63.1 cm³/mol. The van der Waals surface area contributed by atoms with Crippen molar-refractivity contribution in [3.8, 4) is 17.3 Å². The minimum Gasteiger partial charge on any atom is -0.317 e. The van der Waals surface area contributed by atoms with Gasteiger partial charge in [0.25, 0.3) is 0 Å². The monoisotopic (exact) mass is 231 g/mol. The first-order chi connectivity index (χ1) is 7.63. The van der Waals surface area contributed by atoms with E-state index in [1.165, 1.54) is 5.56 Å². The fourth-order valence-electron chi connectivity index (χ4n) is 1.59. The van der Waals surface area contributed by atoms with E-state index in [9.17, 15) is 0 Å². The molecule has 1 heterocycles. The van der Waals surface area contributed by atoms with Crippen molar-refractivity contribution in [2.45, 2.75) is 6.92 Å². The summed E-state index contributed by atoms with van der Waals surface area (Å²) in [5.74, 6) is 0.320. The van der Waals surface area contributed by atoms with E-state index in [1.807, 2.05) is 37.3 Å². The Bertz CT molecular complexity index is 561. The number of hydrogen-bond donors (Lipinski definition) is 0. The molecule has 0 radical (unpaired) electrons. The molecule has 0 bridgehead atoms. The molecule has 0 saturated carbocycles. The highest BCUT2D eigenvalue weighted by atomic mass is 35.5. The molecule has 1 aromatic heterocycles. The van der Waals surface area contributed by atoms with E-state index >= 15 is 0 Å². The third-order valence-electron chi connectivity index (χ3n) is 2.48. The molecule has 0 aliphatic carbocycles. The first kappa shape index (κ1) is 10.7. The number of halogens is 1. The van der Waals surface area contributed by atoms with E-state index in [0.717, 1.165) is 11.3 Å². The van der Waals surface area contributed by atoms with Gasteiger partial charge in [0.2, 0.25) is 5.82 Å². The molecule has 0 aliphatic heterocycles. The van der Waals surface area contributed by atoms with Gasteiger partial charge in [-0.3, -0.25) is 0 Å². The third-order valence-corrected chi connectivity index (χ3v) is 2.74. The molecule has 1 aromatic carbocycles. The molecular weight excluding hydrogens is 222 g/mol. The molecule has 2 rings (SSSR count). The molecule has 0 spiro atoms. The van der Waals surface area contributed by atoms with Gasteiger partial charge < -0.3 is 4.57 Å². The van der Waals surface area contributed by atoms with Crippen LogP contribution in [-0.4, -0.2) is 9.55 Å². The first-order valence-corrected chi connectivity index (χ1v) is 5.20. The Labute approximate surface area is 98.9 Å². The number of rotatable bonds is 1. The molecular formula is C12H10ClN3. The number of nitriles is 1. The Kier molecular flexibility index (Phi) is 2.67. The standard InChI is InChI=1S/C12H10ClN3/c1-8-3-5-9(6-4-8)11-12(13)15-10(7-14)16(11)2/h3-6H,1-2H3. The van der Waals surface area contributed by atoms with Gasteiger partial charge in [-0.2, -0.15) is 5.26 Å². The fourth-order valence-corrected chi connectivity index (χ4v) is 1.91. The number of hydrogen-bond acceptors (Lipinski definition) is 2. The third kappa shape index (κ3) is 1.68. The van der Waals surface area contributed by atoms with Crippen LogP contribution in [0.15, 0.2) is 24.3 Å². The molecule has 3 nitrogen and oxygen atoms in total. The molecule has 0 unspecified atom stereocenters. The summed E-state index contributed by atoms with van der Waals surface area (Å²) >= 11 is 6.02. The van der Waals surface area contributed by atoms with Gasteiger partial charge in [0.15, 0.2) is 5.15 Å². The first-order valence-electron chi connectivity index (χ1n) is 4.83. The van der Waals surface area contributed by atoms with Gasteiger partial charge in [-0.25, -0.2) is 4.98 Å². The number of aryl methyl sites for hydroxylation is 1. The maximum atomic E-state index is 8.86. The Morgan fingerprint density at radius 1 is 1.31 bits per heavy atom. The lowest BCUT2D eigenvalue weighted by Gasteiger charge is -2.03. The van der Waals surface area contributed by atoms with Gasteiger partial charge in [0.1, 0.15) is 6.07 Å². The summed E-state index contributed by atoms with van der Waals surface area (Å²) in [4.78, 5) is 3.99. The highest BCUT2D eigenvalue weighted by Gasteiger charge is 2.13. The minimum absolute atomic E-state index is 0.320. The Balaban J connectivity index is 2.61. The number of nitrogens with zero attached hydrogens (tertiary/aromatic N) is 3. The van der Waals surface area contributed by atoms with Crippen molar-refractivity contribution >= 4 is 11.6 Å². The van der Waals surface area contributed by atoms with Crippen LogP contribution in [0.25, 0.3) is 11.3 Å². The van der Waals surface area contributed by atoms with Gasteiger partial charge in [0, 0.05) is 12.6 Å². The lowest BCUT2D eigenvalue weighted by atomic mass is 10.1. The van der Waals surface area contributed by atoms with Crippen LogP contribution >= 0.6 is 11.6 Å². The second-order valence-electron chi connectivity index (χ2n) is 3.61. The topological polar surface area (TPSA) is 41.6 Å². The largest absolute Gasteiger partial charge is 0.317 e. The summed E-state index contributed by atoms with van der Waals surface area (Å²) in [6, 6.07) is 9.96. The van der Waals surface area contributed by atoms with E-state index in [-0.39, 0.29) is 0 Å². The normalized spacial score (nSPS) is 10.1. The van der Waals surface area contributed by atoms with E-state index in [0.29, 0.717) is 11.0 Å². The van der Waals surface area contributed by atoms with Crippen molar-refractivity contribution in [3.05, 3.63) is 40.8 Å². The van der Waals surface area contributed by atoms with Crippen molar-refractivity contribution in [2.75, 3.05) is 0 Å². The molecule has 0 N–H and O–H groups in total. The number of imidazole rings is 1. The molecule has 0 atom stereocenters. The van der Waals surface area contributed by atoms with Crippen LogP contribution in [0.3, 0.4) is 0 Å². The van der Waals surface area contributed by atoms with E-state index < -0.39 is 0 Å². The number of aromatic nitrogens is 2. The van der Waals surface area contributed by atoms with Crippen LogP contribution in [0.5, 0.6) is 0 Å². The van der Waals surface area contributed by atoms with Crippen LogP contribution in [-0.2, 0) is 7.05 Å². The van der Waals surface area contributed by atoms with E-state index in [4.69, 9.17) is 16.9 Å². The van der Waals surface area contributed by atoms with Crippen molar-refractivity contribution < 1.29 is 0 Å². The Hall–Kier alpha value is -1.79. The smallest absolute Gasteiger partial charge is 0.214 e. The molecule has 0 fully saturated rings. The molecule has 0 saturated heterocycles. The van der Waals surface area contributed by atoms with Gasteiger partial charge >= 0.3 is 0 Å². The molecule has 80 valence electrons. The van der Waals surface area contributed by atoms with Crippen molar-refractivity contribution in [3.63, 3.8) is 0 Å². The van der Waals surface area contributed by atoms with Crippen LogP contribution in [0.1, 0.15) is 11.4 Å². The Morgan fingerprint density at radius 2 is 1.94 bits per heavy atom. The minimum atomic E-state index is 0.320. The van der Waals surface area contributed by atoms with Crippen LogP contribution in [0, 0.1) is 18.3 Å². The lowest BCUT2D eigenvalue weighted by Crippen LogP contribution is -1.95. The summed E-state index contributed by atoms with van der Waals surface area (Å²) in [5.41, 5.74) is 2.92. The summed E-state index contributed by atoms with van der Waals surface area (Å²) in [6.45, 7) is 2.02. The maximum absolute atomic E-state index is 8.86. The highest BCUT2D eigenvalue weighted by Crippen LogP contribution is 2.27. The van der Waals surface area contributed by atoms with Gasteiger partial charge in [-0.15, -0.1) is 0 Å². The quantitative estimate of drug-likeness (QED) is 0.757. The van der Waals surface area contributed by atoms with Crippen molar-refractivity contribution in [2.24, 2.45) is 7.05 Å². The summed E-state index contributed by atoms with van der Waals surface area (Å²) < 4.78 is 1.70. The second kappa shape index (κ2) is 3.99. The predicted octanol–water partition coefficient (Wildman–Crippen LogP) is 2.92. The zero-order valence-corrected chi connectivity index (χ0v) is 9.78. The molecule has 4 heteroatoms. The average Bonchev–Trinajstić information content (AvgIpc) is 2.56. The summed E-state index contributed by atoms with van der Waals surface area (Å²) in [5, 5.41) is 9.22. The number of benzene rings is 1. The van der Waals surface area contributed by atoms with Crippen LogP contribution < -0.4 is 0 Å². The zero-order valence-electron chi connectivity index (χ0n) is 9.03. The van der Waals surface area contributed by atoms with Gasteiger partial charge in [-0.1, -0.05) is 41.4 Å². The SMILES string of the molecule is Cc1ccc(-c2c(Cl)nc(C#N)n2C)cc1.